The van der Waals surface area contributed by atoms with E-state index in [-0.39, 0.29) is 17.7 Å². The summed E-state index contributed by atoms with van der Waals surface area (Å²) in [5.74, 6) is 3.21. The van der Waals surface area contributed by atoms with Crippen molar-refractivity contribution in [2.75, 3.05) is 5.32 Å². The number of amides is 1. The number of aromatic nitrogens is 3. The molecule has 5 heteroatoms. The molecule has 1 N–H and O–H groups in total. The van der Waals surface area contributed by atoms with Gasteiger partial charge >= 0.3 is 0 Å². The molecule has 0 spiro atoms. The first-order valence-corrected chi connectivity index (χ1v) is 11.9. The lowest BCUT2D eigenvalue weighted by atomic mass is 9.86. The summed E-state index contributed by atoms with van der Waals surface area (Å²) in [6, 6.07) is 14.2. The SMILES string of the molecule is CCn1c(CCC2CCCCC2)nnc1[C@@H]1C[C@H]1C(=O)Nc1cccc2ccccc12. The van der Waals surface area contributed by atoms with Crippen LogP contribution in [0.15, 0.2) is 42.5 Å². The smallest absolute Gasteiger partial charge is 0.228 e. The quantitative estimate of drug-likeness (QED) is 0.537. The van der Waals surface area contributed by atoms with E-state index in [9.17, 15) is 4.79 Å². The van der Waals surface area contributed by atoms with Crippen molar-refractivity contribution in [3.05, 3.63) is 54.1 Å². The van der Waals surface area contributed by atoms with Gasteiger partial charge in [-0.2, -0.15) is 0 Å². The number of carbonyl (C=O) groups excluding carboxylic acids is 1. The van der Waals surface area contributed by atoms with Crippen LogP contribution in [0.5, 0.6) is 0 Å². The third-order valence-corrected chi connectivity index (χ3v) is 7.18. The lowest BCUT2D eigenvalue weighted by Crippen LogP contribution is -2.16. The summed E-state index contributed by atoms with van der Waals surface area (Å²) in [4.78, 5) is 13.0. The van der Waals surface area contributed by atoms with E-state index in [1.54, 1.807) is 0 Å². The molecule has 0 unspecified atom stereocenters. The van der Waals surface area contributed by atoms with Gasteiger partial charge in [0.05, 0.1) is 0 Å². The summed E-state index contributed by atoms with van der Waals surface area (Å²) >= 11 is 0. The van der Waals surface area contributed by atoms with E-state index in [2.05, 4.69) is 45.2 Å². The van der Waals surface area contributed by atoms with Gasteiger partial charge in [-0.1, -0.05) is 68.5 Å². The van der Waals surface area contributed by atoms with Gasteiger partial charge in [0.2, 0.25) is 5.91 Å². The zero-order chi connectivity index (χ0) is 21.2. The molecule has 31 heavy (non-hydrogen) atoms. The molecule has 0 bridgehead atoms. The van der Waals surface area contributed by atoms with Crippen LogP contribution in [0, 0.1) is 11.8 Å². The topological polar surface area (TPSA) is 59.8 Å². The van der Waals surface area contributed by atoms with Crippen molar-refractivity contribution in [3.63, 3.8) is 0 Å². The van der Waals surface area contributed by atoms with E-state index in [1.165, 1.54) is 38.5 Å². The second-order valence-corrected chi connectivity index (χ2v) is 9.23. The van der Waals surface area contributed by atoms with Crippen LogP contribution in [0.3, 0.4) is 0 Å². The number of rotatable bonds is 7. The van der Waals surface area contributed by atoms with Crippen LogP contribution in [0.2, 0.25) is 0 Å². The molecule has 162 valence electrons. The van der Waals surface area contributed by atoms with E-state index in [0.29, 0.717) is 0 Å². The zero-order valence-electron chi connectivity index (χ0n) is 18.4. The molecule has 2 atom stereocenters. The molecular formula is C26H32N4O. The number of hydrogen-bond acceptors (Lipinski definition) is 3. The molecule has 2 fully saturated rings. The highest BCUT2D eigenvalue weighted by molar-refractivity contribution is 6.03. The normalized spacial score (nSPS) is 21.3. The summed E-state index contributed by atoms with van der Waals surface area (Å²) in [7, 11) is 0. The largest absolute Gasteiger partial charge is 0.325 e. The van der Waals surface area contributed by atoms with Crippen LogP contribution in [-0.4, -0.2) is 20.7 Å². The van der Waals surface area contributed by atoms with Gasteiger partial charge in [0.25, 0.3) is 0 Å². The van der Waals surface area contributed by atoms with Gasteiger partial charge in [-0.3, -0.25) is 4.79 Å². The Morgan fingerprint density at radius 1 is 1.06 bits per heavy atom. The minimum absolute atomic E-state index is 0.0142. The summed E-state index contributed by atoms with van der Waals surface area (Å²) in [6.07, 6.45) is 9.97. The summed E-state index contributed by atoms with van der Waals surface area (Å²) in [5, 5.41) is 14.5. The average molecular weight is 417 g/mol. The Morgan fingerprint density at radius 2 is 1.87 bits per heavy atom. The van der Waals surface area contributed by atoms with Crippen LogP contribution in [0.25, 0.3) is 10.8 Å². The molecule has 1 heterocycles. The van der Waals surface area contributed by atoms with Gasteiger partial charge in [0, 0.05) is 35.9 Å². The lowest BCUT2D eigenvalue weighted by molar-refractivity contribution is -0.117. The first-order valence-electron chi connectivity index (χ1n) is 11.9. The van der Waals surface area contributed by atoms with Crippen LogP contribution < -0.4 is 5.32 Å². The summed E-state index contributed by atoms with van der Waals surface area (Å²) < 4.78 is 2.26. The standard InChI is InChI=1S/C26H32N4O/c1-2-30-24(16-15-18-9-4-3-5-10-18)28-29-25(30)21-17-22(21)26(31)27-23-14-8-12-19-11-6-7-13-20(19)23/h6-8,11-14,18,21-22H,2-5,9-10,15-17H2,1H3,(H,27,31)/t21-,22-/m1/s1. The number of fused-ring (bicyclic) bond motifs is 1. The molecule has 1 amide bonds. The molecule has 3 aromatic rings. The van der Waals surface area contributed by atoms with Gasteiger partial charge in [-0.25, -0.2) is 0 Å². The molecule has 5 rings (SSSR count). The van der Waals surface area contributed by atoms with E-state index in [4.69, 9.17) is 0 Å². The lowest BCUT2D eigenvalue weighted by Gasteiger charge is -2.21. The Hall–Kier alpha value is -2.69. The zero-order valence-corrected chi connectivity index (χ0v) is 18.4. The average Bonchev–Trinajstić information content (AvgIpc) is 3.51. The van der Waals surface area contributed by atoms with E-state index < -0.39 is 0 Å². The highest BCUT2D eigenvalue weighted by Gasteiger charge is 2.47. The third-order valence-electron chi connectivity index (χ3n) is 7.18. The highest BCUT2D eigenvalue weighted by atomic mass is 16.2. The molecule has 0 saturated heterocycles. The van der Waals surface area contributed by atoms with Crippen LogP contribution in [0.1, 0.15) is 69.4 Å². The number of aryl methyl sites for hydroxylation is 1. The first kappa shape index (κ1) is 20.2. The number of hydrogen-bond donors (Lipinski definition) is 1. The number of nitrogens with one attached hydrogen (secondary N) is 1. The Balaban J connectivity index is 1.25. The van der Waals surface area contributed by atoms with Crippen LogP contribution in [-0.2, 0) is 17.8 Å². The molecule has 0 radical (unpaired) electrons. The number of nitrogens with zero attached hydrogens (tertiary/aromatic N) is 3. The van der Waals surface area contributed by atoms with E-state index in [1.807, 2.05) is 24.3 Å². The fourth-order valence-electron chi connectivity index (χ4n) is 5.29. The Morgan fingerprint density at radius 3 is 2.71 bits per heavy atom. The van der Waals surface area contributed by atoms with Gasteiger partial charge in [0.1, 0.15) is 11.6 Å². The van der Waals surface area contributed by atoms with Gasteiger partial charge in [0.15, 0.2) is 0 Å². The van der Waals surface area contributed by atoms with E-state index >= 15 is 0 Å². The van der Waals surface area contributed by atoms with Crippen molar-refractivity contribution >= 4 is 22.4 Å². The van der Waals surface area contributed by atoms with Crippen molar-refractivity contribution in [3.8, 4) is 0 Å². The third kappa shape index (κ3) is 4.23. The first-order chi connectivity index (χ1) is 15.2. The summed E-state index contributed by atoms with van der Waals surface area (Å²) in [5.41, 5.74) is 0.888. The number of anilines is 1. The predicted octanol–water partition coefficient (Wildman–Crippen LogP) is 5.71. The fourth-order valence-corrected chi connectivity index (χ4v) is 5.29. The van der Waals surface area contributed by atoms with Gasteiger partial charge < -0.3 is 9.88 Å². The second kappa shape index (κ2) is 8.81. The van der Waals surface area contributed by atoms with Crippen molar-refractivity contribution in [1.82, 2.24) is 14.8 Å². The highest BCUT2D eigenvalue weighted by Crippen LogP contribution is 2.47. The molecular weight excluding hydrogens is 384 g/mol. The minimum atomic E-state index is -0.0142. The second-order valence-electron chi connectivity index (χ2n) is 9.23. The van der Waals surface area contributed by atoms with Crippen LogP contribution >= 0.6 is 0 Å². The minimum Gasteiger partial charge on any atom is -0.325 e. The van der Waals surface area contributed by atoms with Crippen molar-refractivity contribution < 1.29 is 4.79 Å². The fraction of sp³-hybridized carbons (Fsp3) is 0.500. The molecule has 0 aliphatic heterocycles. The van der Waals surface area contributed by atoms with E-state index in [0.717, 1.165) is 53.4 Å². The predicted molar refractivity (Wildman–Crippen MR) is 124 cm³/mol. The maximum atomic E-state index is 13.0. The van der Waals surface area contributed by atoms with Gasteiger partial charge in [-0.15, -0.1) is 10.2 Å². The van der Waals surface area contributed by atoms with Crippen molar-refractivity contribution in [2.45, 2.75) is 70.8 Å². The summed E-state index contributed by atoms with van der Waals surface area (Å²) in [6.45, 7) is 3.03. The molecule has 2 saturated carbocycles. The Bertz CT molecular complexity index is 1060. The monoisotopic (exact) mass is 416 g/mol. The number of carbonyl (C=O) groups is 1. The Labute approximate surface area is 184 Å². The molecule has 2 aliphatic carbocycles. The molecule has 2 aromatic carbocycles. The van der Waals surface area contributed by atoms with Gasteiger partial charge in [-0.05, 0) is 37.1 Å². The Kier molecular flexibility index (Phi) is 5.75. The maximum Gasteiger partial charge on any atom is 0.228 e. The number of benzene rings is 2. The van der Waals surface area contributed by atoms with Crippen molar-refractivity contribution in [1.29, 1.82) is 0 Å². The van der Waals surface area contributed by atoms with Crippen LogP contribution in [0.4, 0.5) is 5.69 Å². The molecule has 2 aliphatic rings. The maximum absolute atomic E-state index is 13.0. The molecule has 1 aromatic heterocycles. The molecule has 5 nitrogen and oxygen atoms in total. The van der Waals surface area contributed by atoms with Crippen molar-refractivity contribution in [2.24, 2.45) is 11.8 Å².